The Bertz CT molecular complexity index is 734. The summed E-state index contributed by atoms with van der Waals surface area (Å²) < 4.78 is 5.25. The van der Waals surface area contributed by atoms with E-state index in [1.165, 1.54) is 0 Å². The lowest BCUT2D eigenvalue weighted by Crippen LogP contribution is -2.46. The fraction of sp³-hybridized carbons (Fsp3) is 0.567. The second-order valence-electron chi connectivity index (χ2n) is 8.90. The molecule has 37 heavy (non-hydrogen) atoms. The molecule has 1 amide bonds. The van der Waals surface area contributed by atoms with Gasteiger partial charge in [-0.1, -0.05) is 81.5 Å². The Hall–Kier alpha value is -2.77. The maximum absolute atomic E-state index is 12.0. The van der Waals surface area contributed by atoms with Crippen LogP contribution in [0.3, 0.4) is 0 Å². The lowest BCUT2D eigenvalue weighted by Gasteiger charge is -2.28. The number of aliphatic hydroxyl groups is 2. The Balaban J connectivity index is 0. The van der Waals surface area contributed by atoms with Crippen LogP contribution in [0, 0.1) is 5.41 Å². The van der Waals surface area contributed by atoms with Crippen LogP contribution in [-0.4, -0.2) is 54.7 Å². The standard InChI is InChI=1S/C29H45NO5.CH4O/c1-4-5-6-7-8-9-10-11-12-13-14-15-16-17-18-19-20-22-26(32)35-25-29(2,3)27(33)28(34)30-23-21-24-31;1-2/h5-6,8-9,11-12,14-15,17-18,24,27,33H,4,7,10,13,16,19-23,25H2,1-3H3,(H,30,34);2H,1H3/b6-5-,9-8-,12-11-,15-14-,18-17-;. The van der Waals surface area contributed by atoms with Crippen molar-refractivity contribution >= 4 is 18.2 Å². The molecule has 0 aliphatic heterocycles. The van der Waals surface area contributed by atoms with Crippen molar-refractivity contribution in [2.75, 3.05) is 20.3 Å². The van der Waals surface area contributed by atoms with Crippen LogP contribution in [0.25, 0.3) is 0 Å². The highest BCUT2D eigenvalue weighted by Gasteiger charge is 2.34. The van der Waals surface area contributed by atoms with Gasteiger partial charge in [0.2, 0.25) is 5.91 Å². The van der Waals surface area contributed by atoms with Crippen molar-refractivity contribution in [3.05, 3.63) is 60.8 Å². The summed E-state index contributed by atoms with van der Waals surface area (Å²) in [6.45, 7) is 5.55. The first kappa shape index (κ1) is 36.4. The number of hydrogen-bond donors (Lipinski definition) is 3. The van der Waals surface area contributed by atoms with Crippen LogP contribution in [0.1, 0.15) is 78.6 Å². The average molecular weight is 520 g/mol. The summed E-state index contributed by atoms with van der Waals surface area (Å²) in [6.07, 6.45) is 27.6. The number of allylic oxidation sites excluding steroid dienone is 10. The third-order valence-corrected chi connectivity index (χ3v) is 5.06. The monoisotopic (exact) mass is 519 g/mol. The highest BCUT2D eigenvalue weighted by molar-refractivity contribution is 5.81. The fourth-order valence-electron chi connectivity index (χ4n) is 2.86. The van der Waals surface area contributed by atoms with Crippen molar-refractivity contribution in [2.24, 2.45) is 5.41 Å². The molecule has 0 aromatic heterocycles. The van der Waals surface area contributed by atoms with E-state index in [9.17, 15) is 19.5 Å². The smallest absolute Gasteiger partial charge is 0.305 e. The van der Waals surface area contributed by atoms with Gasteiger partial charge >= 0.3 is 5.97 Å². The third-order valence-electron chi connectivity index (χ3n) is 5.06. The van der Waals surface area contributed by atoms with Crippen LogP contribution in [0.2, 0.25) is 0 Å². The van der Waals surface area contributed by atoms with E-state index >= 15 is 0 Å². The topological polar surface area (TPSA) is 113 Å². The van der Waals surface area contributed by atoms with Crippen LogP contribution in [0.5, 0.6) is 0 Å². The van der Waals surface area contributed by atoms with Crippen molar-refractivity contribution in [1.82, 2.24) is 5.32 Å². The van der Waals surface area contributed by atoms with Gasteiger partial charge in [-0.3, -0.25) is 9.59 Å². The number of carbonyl (C=O) groups excluding carboxylic acids is 3. The van der Waals surface area contributed by atoms with Crippen molar-refractivity contribution in [2.45, 2.75) is 84.7 Å². The summed E-state index contributed by atoms with van der Waals surface area (Å²) in [7, 11) is 1.00. The van der Waals surface area contributed by atoms with Crippen LogP contribution < -0.4 is 5.32 Å². The number of rotatable bonds is 20. The highest BCUT2D eigenvalue weighted by Crippen LogP contribution is 2.22. The molecule has 0 aliphatic rings. The molecule has 0 fully saturated rings. The Morgan fingerprint density at radius 2 is 1.32 bits per heavy atom. The zero-order valence-electron chi connectivity index (χ0n) is 23.2. The van der Waals surface area contributed by atoms with E-state index in [-0.39, 0.29) is 32.0 Å². The lowest BCUT2D eigenvalue weighted by atomic mass is 9.87. The molecule has 7 heteroatoms. The van der Waals surface area contributed by atoms with Crippen molar-refractivity contribution in [3.8, 4) is 0 Å². The number of aldehydes is 1. The molecule has 0 aliphatic carbocycles. The molecule has 0 bridgehead atoms. The van der Waals surface area contributed by atoms with E-state index in [1.54, 1.807) is 13.8 Å². The molecule has 0 rings (SSSR count). The van der Waals surface area contributed by atoms with Crippen molar-refractivity contribution in [1.29, 1.82) is 0 Å². The zero-order valence-corrected chi connectivity index (χ0v) is 23.2. The summed E-state index contributed by atoms with van der Waals surface area (Å²) >= 11 is 0. The number of nitrogens with one attached hydrogen (secondary N) is 1. The van der Waals surface area contributed by atoms with Crippen molar-refractivity contribution in [3.63, 3.8) is 0 Å². The van der Waals surface area contributed by atoms with Gasteiger partial charge in [-0.15, -0.1) is 0 Å². The van der Waals surface area contributed by atoms with Gasteiger partial charge in [0.05, 0.1) is 6.61 Å². The molecular formula is C30H49NO6. The number of ether oxygens (including phenoxy) is 1. The van der Waals surface area contributed by atoms with Gasteiger partial charge in [0.25, 0.3) is 0 Å². The Morgan fingerprint density at radius 1 is 0.838 bits per heavy atom. The van der Waals surface area contributed by atoms with E-state index in [4.69, 9.17) is 9.84 Å². The predicted octanol–water partition coefficient (Wildman–Crippen LogP) is 5.15. The number of unbranched alkanes of at least 4 members (excludes halogenated alkanes) is 1. The number of carbonyl (C=O) groups is 3. The molecule has 3 N–H and O–H groups in total. The molecule has 0 aromatic rings. The second kappa shape index (κ2) is 26.3. The minimum absolute atomic E-state index is 0.0598. The molecule has 1 atom stereocenters. The molecule has 1 unspecified atom stereocenters. The molecule has 210 valence electrons. The summed E-state index contributed by atoms with van der Waals surface area (Å²) in [4.78, 5) is 34.2. The molecule has 0 spiro atoms. The molecule has 0 aromatic carbocycles. The average Bonchev–Trinajstić information content (AvgIpc) is 2.90. The first-order valence-electron chi connectivity index (χ1n) is 13.1. The zero-order chi connectivity index (χ0) is 28.2. The van der Waals surface area contributed by atoms with Crippen LogP contribution in [0.15, 0.2) is 60.8 Å². The second-order valence-corrected chi connectivity index (χ2v) is 8.90. The van der Waals surface area contributed by atoms with Gasteiger partial charge < -0.3 is 25.1 Å². The molecule has 0 saturated carbocycles. The third kappa shape index (κ3) is 23.4. The summed E-state index contributed by atoms with van der Waals surface area (Å²) in [5.74, 6) is -0.926. The van der Waals surface area contributed by atoms with E-state index in [2.05, 4.69) is 73.0 Å². The number of amides is 1. The van der Waals surface area contributed by atoms with Crippen LogP contribution in [-0.2, 0) is 19.1 Å². The predicted molar refractivity (Wildman–Crippen MR) is 151 cm³/mol. The SMILES string of the molecule is CC/C=C\C/C=C\C/C=C\C/C=C\C/C=C\CCCC(=O)OCC(C)(C)C(O)C(=O)NCCC=O.CO. The minimum Gasteiger partial charge on any atom is -0.465 e. The lowest BCUT2D eigenvalue weighted by molar-refractivity contribution is -0.153. The van der Waals surface area contributed by atoms with Gasteiger partial charge in [0, 0.05) is 31.9 Å². The number of esters is 1. The minimum atomic E-state index is -1.33. The largest absolute Gasteiger partial charge is 0.465 e. The Labute approximate surface area is 224 Å². The molecule has 0 radical (unpaired) electrons. The van der Waals surface area contributed by atoms with E-state index in [0.29, 0.717) is 12.7 Å². The maximum atomic E-state index is 12.0. The fourth-order valence-corrected chi connectivity index (χ4v) is 2.86. The molecule has 0 heterocycles. The quantitative estimate of drug-likeness (QED) is 0.0887. The first-order chi connectivity index (χ1) is 17.8. The first-order valence-corrected chi connectivity index (χ1v) is 13.1. The highest BCUT2D eigenvalue weighted by atomic mass is 16.5. The van der Waals surface area contributed by atoms with Gasteiger partial charge in [0.15, 0.2) is 0 Å². The van der Waals surface area contributed by atoms with Crippen molar-refractivity contribution < 1.29 is 29.3 Å². The van der Waals surface area contributed by atoms with Gasteiger partial charge in [-0.2, -0.15) is 0 Å². The van der Waals surface area contributed by atoms with Crippen LogP contribution >= 0.6 is 0 Å². The number of aliphatic hydroxyl groups excluding tert-OH is 2. The van der Waals surface area contributed by atoms with Gasteiger partial charge in [-0.25, -0.2) is 0 Å². The molecule has 0 saturated heterocycles. The van der Waals surface area contributed by atoms with E-state index in [1.807, 2.05) is 0 Å². The summed E-state index contributed by atoms with van der Waals surface area (Å²) in [5, 5.41) is 19.7. The van der Waals surface area contributed by atoms with E-state index in [0.717, 1.165) is 45.6 Å². The van der Waals surface area contributed by atoms with Gasteiger partial charge in [-0.05, 0) is 44.9 Å². The maximum Gasteiger partial charge on any atom is 0.305 e. The summed E-state index contributed by atoms with van der Waals surface area (Å²) in [5.41, 5.74) is -0.926. The Kier molecular flexibility index (Phi) is 25.9. The van der Waals surface area contributed by atoms with E-state index < -0.39 is 17.4 Å². The number of hydrogen-bond acceptors (Lipinski definition) is 6. The Morgan fingerprint density at radius 3 is 1.81 bits per heavy atom. The molecule has 7 nitrogen and oxygen atoms in total. The summed E-state index contributed by atoms with van der Waals surface area (Å²) in [6, 6.07) is 0. The van der Waals surface area contributed by atoms with Gasteiger partial charge in [0.1, 0.15) is 12.4 Å². The van der Waals surface area contributed by atoms with Crippen LogP contribution in [0.4, 0.5) is 0 Å². The molecular weight excluding hydrogens is 470 g/mol. The normalized spacial score (nSPS) is 12.9.